The molecule has 0 aliphatic carbocycles. The first-order valence-electron chi connectivity index (χ1n) is 6.99. The quantitative estimate of drug-likeness (QED) is 0.726. The zero-order valence-corrected chi connectivity index (χ0v) is 12.9. The van der Waals surface area contributed by atoms with Gasteiger partial charge in [-0.2, -0.15) is 0 Å². The molecule has 0 bridgehead atoms. The first-order chi connectivity index (χ1) is 10.1. The van der Waals surface area contributed by atoms with E-state index in [0.717, 1.165) is 33.9 Å². The average Bonchev–Trinajstić information content (AvgIpc) is 2.46. The van der Waals surface area contributed by atoms with Crippen LogP contribution in [0.1, 0.15) is 16.8 Å². The summed E-state index contributed by atoms with van der Waals surface area (Å²) in [7, 11) is 0. The first-order valence-corrected chi connectivity index (χ1v) is 7.36. The summed E-state index contributed by atoms with van der Waals surface area (Å²) < 4.78 is 0. The monoisotopic (exact) mass is 296 g/mol. The highest BCUT2D eigenvalue weighted by atomic mass is 35.5. The predicted molar refractivity (Wildman–Crippen MR) is 90.0 cm³/mol. The fourth-order valence-electron chi connectivity index (χ4n) is 2.44. The summed E-state index contributed by atoms with van der Waals surface area (Å²) in [6.45, 7) is 4.85. The van der Waals surface area contributed by atoms with Crippen LogP contribution < -0.4 is 5.32 Å². The van der Waals surface area contributed by atoms with Crippen LogP contribution >= 0.6 is 11.6 Å². The van der Waals surface area contributed by atoms with Crippen molar-refractivity contribution < 1.29 is 0 Å². The molecule has 0 aliphatic rings. The molecule has 0 spiro atoms. The fourth-order valence-corrected chi connectivity index (χ4v) is 2.66. The predicted octanol–water partition coefficient (Wildman–Crippen LogP) is 5.12. The van der Waals surface area contributed by atoms with E-state index in [1.165, 1.54) is 11.1 Å². The number of aromatic nitrogens is 1. The third-order valence-corrected chi connectivity index (χ3v) is 3.87. The molecule has 0 radical (unpaired) electrons. The Morgan fingerprint density at radius 2 is 1.90 bits per heavy atom. The van der Waals surface area contributed by atoms with Gasteiger partial charge in [-0.05, 0) is 49.2 Å². The third kappa shape index (κ3) is 3.01. The summed E-state index contributed by atoms with van der Waals surface area (Å²) in [5, 5.41) is 5.41. The molecule has 0 saturated carbocycles. The number of hydrogen-bond donors (Lipinski definition) is 1. The Bertz CT molecular complexity index is 796. The van der Waals surface area contributed by atoms with Gasteiger partial charge >= 0.3 is 0 Å². The molecule has 106 valence electrons. The topological polar surface area (TPSA) is 24.9 Å². The molecule has 0 saturated heterocycles. The average molecular weight is 297 g/mol. The molecule has 3 aromatic rings. The normalized spacial score (nSPS) is 10.8. The van der Waals surface area contributed by atoms with Gasteiger partial charge in [-0.1, -0.05) is 35.9 Å². The number of nitrogens with zero attached hydrogens (tertiary/aromatic N) is 1. The number of para-hydroxylation sites is 1. The van der Waals surface area contributed by atoms with Gasteiger partial charge in [0.05, 0.1) is 11.2 Å². The molecule has 0 unspecified atom stereocenters. The molecule has 21 heavy (non-hydrogen) atoms. The van der Waals surface area contributed by atoms with Gasteiger partial charge in [0.2, 0.25) is 0 Å². The molecule has 1 N–H and O–H groups in total. The maximum Gasteiger partial charge on any atom is 0.0936 e. The second-order valence-corrected chi connectivity index (χ2v) is 5.69. The van der Waals surface area contributed by atoms with Crippen LogP contribution in [0.3, 0.4) is 0 Å². The Morgan fingerprint density at radius 3 is 2.71 bits per heavy atom. The van der Waals surface area contributed by atoms with Gasteiger partial charge < -0.3 is 5.32 Å². The van der Waals surface area contributed by atoms with Crippen molar-refractivity contribution in [3.05, 3.63) is 70.4 Å². The smallest absolute Gasteiger partial charge is 0.0936 e. The Morgan fingerprint density at radius 1 is 1.05 bits per heavy atom. The summed E-state index contributed by atoms with van der Waals surface area (Å²) in [4.78, 5) is 4.64. The number of anilines is 1. The molecular weight excluding hydrogens is 280 g/mol. The molecule has 0 atom stereocenters. The van der Waals surface area contributed by atoms with Crippen molar-refractivity contribution in [2.75, 3.05) is 5.32 Å². The van der Waals surface area contributed by atoms with Crippen LogP contribution in [-0.2, 0) is 6.54 Å². The Labute approximate surface area is 129 Å². The number of halogens is 1. The molecule has 1 heterocycles. The molecule has 0 fully saturated rings. The van der Waals surface area contributed by atoms with E-state index in [2.05, 4.69) is 47.6 Å². The largest absolute Gasteiger partial charge is 0.379 e. The third-order valence-electron chi connectivity index (χ3n) is 3.63. The van der Waals surface area contributed by atoms with Crippen molar-refractivity contribution >= 4 is 28.2 Å². The highest BCUT2D eigenvalue weighted by molar-refractivity contribution is 6.30. The van der Waals surface area contributed by atoms with Crippen LogP contribution in [0.5, 0.6) is 0 Å². The van der Waals surface area contributed by atoms with Crippen molar-refractivity contribution in [2.45, 2.75) is 20.4 Å². The SMILES string of the molecule is Cc1ccc2cccc(NCc3ccc(Cl)cc3C)c2n1. The minimum absolute atomic E-state index is 0.762. The van der Waals surface area contributed by atoms with Gasteiger partial charge in [-0.3, -0.25) is 4.98 Å². The van der Waals surface area contributed by atoms with Crippen molar-refractivity contribution in [3.8, 4) is 0 Å². The lowest BCUT2D eigenvalue weighted by molar-refractivity contribution is 1.12. The number of benzene rings is 2. The second kappa shape index (κ2) is 5.74. The zero-order chi connectivity index (χ0) is 14.8. The fraction of sp³-hybridized carbons (Fsp3) is 0.167. The summed E-state index contributed by atoms with van der Waals surface area (Å²) in [6.07, 6.45) is 0. The van der Waals surface area contributed by atoms with Crippen molar-refractivity contribution in [1.29, 1.82) is 0 Å². The standard InChI is InChI=1S/C18H17ClN2/c1-12-10-16(19)9-8-15(12)11-20-17-5-3-4-14-7-6-13(2)21-18(14)17/h3-10,20H,11H2,1-2H3. The van der Waals surface area contributed by atoms with Crippen molar-refractivity contribution in [1.82, 2.24) is 4.98 Å². The van der Waals surface area contributed by atoms with Gasteiger partial charge in [-0.15, -0.1) is 0 Å². The maximum atomic E-state index is 6.00. The molecular formula is C18H17ClN2. The van der Waals surface area contributed by atoms with Crippen LogP contribution in [0.4, 0.5) is 5.69 Å². The number of nitrogens with one attached hydrogen (secondary N) is 1. The molecule has 2 aromatic carbocycles. The Hall–Kier alpha value is -2.06. The number of aryl methyl sites for hydroxylation is 2. The highest BCUT2D eigenvalue weighted by Crippen LogP contribution is 2.23. The number of fused-ring (bicyclic) bond motifs is 1. The number of rotatable bonds is 3. The number of hydrogen-bond acceptors (Lipinski definition) is 2. The van der Waals surface area contributed by atoms with Gasteiger partial charge in [0.1, 0.15) is 0 Å². The minimum Gasteiger partial charge on any atom is -0.379 e. The van der Waals surface area contributed by atoms with Gasteiger partial charge in [0.25, 0.3) is 0 Å². The van der Waals surface area contributed by atoms with Crippen LogP contribution in [0.25, 0.3) is 10.9 Å². The van der Waals surface area contributed by atoms with Crippen molar-refractivity contribution in [2.24, 2.45) is 0 Å². The highest BCUT2D eigenvalue weighted by Gasteiger charge is 2.04. The summed E-state index contributed by atoms with van der Waals surface area (Å²) >= 11 is 6.00. The molecule has 3 heteroatoms. The summed E-state index contributed by atoms with van der Waals surface area (Å²) in [6, 6.07) is 16.3. The van der Waals surface area contributed by atoms with E-state index in [1.807, 2.05) is 25.1 Å². The molecule has 3 rings (SSSR count). The lowest BCUT2D eigenvalue weighted by Gasteiger charge is -2.11. The lowest BCUT2D eigenvalue weighted by Crippen LogP contribution is -2.02. The maximum absolute atomic E-state index is 6.00. The van der Waals surface area contributed by atoms with Crippen LogP contribution in [0.2, 0.25) is 5.02 Å². The van der Waals surface area contributed by atoms with E-state index in [-0.39, 0.29) is 0 Å². The van der Waals surface area contributed by atoms with E-state index in [1.54, 1.807) is 0 Å². The molecule has 0 aliphatic heterocycles. The lowest BCUT2D eigenvalue weighted by atomic mass is 10.1. The van der Waals surface area contributed by atoms with Gasteiger partial charge in [0, 0.05) is 22.6 Å². The van der Waals surface area contributed by atoms with Crippen LogP contribution in [0.15, 0.2) is 48.5 Å². The minimum atomic E-state index is 0.762. The Balaban J connectivity index is 1.90. The van der Waals surface area contributed by atoms with Gasteiger partial charge in [-0.25, -0.2) is 0 Å². The van der Waals surface area contributed by atoms with E-state index in [9.17, 15) is 0 Å². The second-order valence-electron chi connectivity index (χ2n) is 5.25. The van der Waals surface area contributed by atoms with Crippen LogP contribution in [-0.4, -0.2) is 4.98 Å². The van der Waals surface area contributed by atoms with E-state index in [4.69, 9.17) is 11.6 Å². The Kier molecular flexibility index (Phi) is 3.80. The molecule has 0 amide bonds. The zero-order valence-electron chi connectivity index (χ0n) is 12.2. The first kappa shape index (κ1) is 13.9. The van der Waals surface area contributed by atoms with E-state index in [0.29, 0.717) is 0 Å². The molecule has 1 aromatic heterocycles. The van der Waals surface area contributed by atoms with E-state index < -0.39 is 0 Å². The van der Waals surface area contributed by atoms with Crippen LogP contribution in [0, 0.1) is 13.8 Å². The summed E-state index contributed by atoms with van der Waals surface area (Å²) in [5.74, 6) is 0. The van der Waals surface area contributed by atoms with Gasteiger partial charge in [0.15, 0.2) is 0 Å². The van der Waals surface area contributed by atoms with E-state index >= 15 is 0 Å². The molecule has 2 nitrogen and oxygen atoms in total. The summed E-state index contributed by atoms with van der Waals surface area (Å²) in [5.41, 5.74) is 5.54. The number of pyridine rings is 1. The van der Waals surface area contributed by atoms with Crippen molar-refractivity contribution in [3.63, 3.8) is 0 Å².